The average Bonchev–Trinajstić information content (AvgIpc) is 3.44. The predicted molar refractivity (Wildman–Crippen MR) is 98.8 cm³/mol. The summed E-state index contributed by atoms with van der Waals surface area (Å²) in [5.74, 6) is 0. The van der Waals surface area contributed by atoms with Gasteiger partial charge in [0.25, 0.3) is 0 Å². The molecule has 1 unspecified atom stereocenters. The SMILES string of the molecule is CCO[SiH](OCC)OCC.CO[Si](CCCOCC1CO1)(OC)OC. The molecule has 1 aliphatic rings. The molecule has 0 aromatic heterocycles. The zero-order valence-electron chi connectivity index (χ0n) is 16.6. The van der Waals surface area contributed by atoms with Crippen molar-refractivity contribution in [1.29, 1.82) is 0 Å². The van der Waals surface area contributed by atoms with Crippen molar-refractivity contribution in [1.82, 2.24) is 0 Å². The molecule has 1 heterocycles. The van der Waals surface area contributed by atoms with Gasteiger partial charge in [0, 0.05) is 53.8 Å². The van der Waals surface area contributed by atoms with Crippen LogP contribution in [0.2, 0.25) is 6.04 Å². The summed E-state index contributed by atoms with van der Waals surface area (Å²) in [5.41, 5.74) is 0. The molecule has 0 N–H and O–H groups in total. The summed E-state index contributed by atoms with van der Waals surface area (Å²) in [4.78, 5) is 0. The van der Waals surface area contributed by atoms with Gasteiger partial charge in [-0.05, 0) is 27.2 Å². The predicted octanol–water partition coefficient (Wildman–Crippen LogP) is 1.48. The van der Waals surface area contributed by atoms with Crippen LogP contribution in [0.4, 0.5) is 0 Å². The van der Waals surface area contributed by atoms with E-state index < -0.39 is 18.3 Å². The summed E-state index contributed by atoms with van der Waals surface area (Å²) in [6, 6.07) is 0.780. The Morgan fingerprint density at radius 3 is 1.76 bits per heavy atom. The van der Waals surface area contributed by atoms with Crippen molar-refractivity contribution in [3.63, 3.8) is 0 Å². The molecule has 10 heteroatoms. The Bertz CT molecular complexity index is 268. The second kappa shape index (κ2) is 16.3. The molecule has 0 aromatic carbocycles. The third-order valence-corrected chi connectivity index (χ3v) is 7.97. The molecule has 0 amide bonds. The molecule has 0 bridgehead atoms. The smallest absolute Gasteiger partial charge is 0.379 e. The van der Waals surface area contributed by atoms with Crippen LogP contribution in [0.25, 0.3) is 0 Å². The Labute approximate surface area is 155 Å². The molecule has 0 aromatic rings. The van der Waals surface area contributed by atoms with Crippen molar-refractivity contribution < 1.29 is 36.0 Å². The van der Waals surface area contributed by atoms with Gasteiger partial charge >= 0.3 is 18.3 Å². The normalized spacial score (nSPS) is 16.7. The largest absolute Gasteiger partial charge is 0.500 e. The number of hydrogen-bond donors (Lipinski definition) is 0. The third-order valence-electron chi connectivity index (χ3n) is 3.32. The average molecular weight is 401 g/mol. The van der Waals surface area contributed by atoms with E-state index in [1.807, 2.05) is 20.8 Å². The van der Waals surface area contributed by atoms with Crippen molar-refractivity contribution in [3.8, 4) is 0 Å². The van der Waals surface area contributed by atoms with E-state index in [9.17, 15) is 0 Å². The highest BCUT2D eigenvalue weighted by Crippen LogP contribution is 2.15. The van der Waals surface area contributed by atoms with Crippen LogP contribution in [0, 0.1) is 0 Å². The minimum Gasteiger partial charge on any atom is -0.379 e. The highest BCUT2D eigenvalue weighted by Gasteiger charge is 2.36. The summed E-state index contributed by atoms with van der Waals surface area (Å²) < 4.78 is 42.0. The third kappa shape index (κ3) is 13.0. The van der Waals surface area contributed by atoms with E-state index in [1.54, 1.807) is 21.3 Å². The van der Waals surface area contributed by atoms with Crippen LogP contribution in [0.5, 0.6) is 0 Å². The van der Waals surface area contributed by atoms with Gasteiger partial charge in [-0.15, -0.1) is 0 Å². The molecule has 0 aliphatic carbocycles. The molecule has 25 heavy (non-hydrogen) atoms. The fraction of sp³-hybridized carbons (Fsp3) is 1.00. The van der Waals surface area contributed by atoms with Gasteiger partial charge in [-0.2, -0.15) is 0 Å². The van der Waals surface area contributed by atoms with E-state index in [0.29, 0.717) is 39.1 Å². The van der Waals surface area contributed by atoms with Crippen LogP contribution in [0.1, 0.15) is 27.2 Å². The van der Waals surface area contributed by atoms with Crippen LogP contribution >= 0.6 is 0 Å². The second-order valence-electron chi connectivity index (χ2n) is 5.08. The number of epoxide rings is 1. The summed E-state index contributed by atoms with van der Waals surface area (Å²) in [7, 11) is 0.745. The summed E-state index contributed by atoms with van der Waals surface area (Å²) >= 11 is 0. The van der Waals surface area contributed by atoms with Crippen molar-refractivity contribution in [2.24, 2.45) is 0 Å². The van der Waals surface area contributed by atoms with Gasteiger partial charge in [0.2, 0.25) is 0 Å². The first-order valence-electron chi connectivity index (χ1n) is 8.80. The topological polar surface area (TPSA) is 77.1 Å². The first-order valence-corrected chi connectivity index (χ1v) is 12.1. The maximum Gasteiger partial charge on any atom is 0.500 e. The zero-order valence-corrected chi connectivity index (χ0v) is 18.7. The highest BCUT2D eigenvalue weighted by molar-refractivity contribution is 6.60. The van der Waals surface area contributed by atoms with Gasteiger partial charge in [0.05, 0.1) is 13.2 Å². The van der Waals surface area contributed by atoms with Crippen molar-refractivity contribution in [2.75, 3.05) is 61.0 Å². The van der Waals surface area contributed by atoms with E-state index >= 15 is 0 Å². The van der Waals surface area contributed by atoms with Crippen LogP contribution in [0.3, 0.4) is 0 Å². The summed E-state index contributed by atoms with van der Waals surface area (Å²) in [6.45, 7) is 10.1. The Balaban J connectivity index is 0.000000504. The second-order valence-corrected chi connectivity index (χ2v) is 9.75. The van der Waals surface area contributed by atoms with Gasteiger partial charge in [-0.3, -0.25) is 0 Å². The van der Waals surface area contributed by atoms with Gasteiger partial charge in [0.1, 0.15) is 6.10 Å². The van der Waals surface area contributed by atoms with Crippen LogP contribution in [-0.2, 0) is 36.0 Å². The molecule has 1 fully saturated rings. The van der Waals surface area contributed by atoms with Gasteiger partial charge in [-0.1, -0.05) is 0 Å². The lowest BCUT2D eigenvalue weighted by atomic mass is 10.5. The van der Waals surface area contributed by atoms with E-state index in [2.05, 4.69) is 0 Å². The van der Waals surface area contributed by atoms with Crippen LogP contribution in [0.15, 0.2) is 0 Å². The van der Waals surface area contributed by atoms with E-state index in [0.717, 1.165) is 19.1 Å². The van der Waals surface area contributed by atoms with Crippen molar-refractivity contribution in [2.45, 2.75) is 39.3 Å². The summed E-state index contributed by atoms with van der Waals surface area (Å²) in [5, 5.41) is 0. The zero-order chi connectivity index (χ0) is 19.0. The standard InChI is InChI=1S/C9H20O5Si.C6H16O3Si/c1-10-15(11-2,12-3)6-4-5-13-7-9-8-14-9;1-4-7-10(8-5-2)9-6-3/h9H,4-8H2,1-3H3;10H,4-6H2,1-3H3. The number of hydrogen-bond acceptors (Lipinski definition) is 8. The van der Waals surface area contributed by atoms with Gasteiger partial charge < -0.3 is 36.0 Å². The lowest BCUT2D eigenvalue weighted by Gasteiger charge is -2.24. The molecule has 1 saturated heterocycles. The van der Waals surface area contributed by atoms with Crippen molar-refractivity contribution >= 4 is 18.3 Å². The molecular formula is C15H36O8Si2. The molecule has 0 saturated carbocycles. The van der Waals surface area contributed by atoms with E-state index in [4.69, 9.17) is 36.0 Å². The molecule has 1 atom stereocenters. The lowest BCUT2D eigenvalue weighted by Crippen LogP contribution is -2.42. The van der Waals surface area contributed by atoms with Crippen LogP contribution < -0.4 is 0 Å². The number of ether oxygens (including phenoxy) is 2. The Morgan fingerprint density at radius 2 is 1.40 bits per heavy atom. The Hall–Kier alpha value is 0.114. The maximum absolute atomic E-state index is 5.42. The van der Waals surface area contributed by atoms with Crippen LogP contribution in [-0.4, -0.2) is 85.4 Å². The lowest BCUT2D eigenvalue weighted by molar-refractivity contribution is 0.100. The number of rotatable bonds is 15. The van der Waals surface area contributed by atoms with Gasteiger partial charge in [-0.25, -0.2) is 0 Å². The highest BCUT2D eigenvalue weighted by atomic mass is 28.4. The maximum atomic E-state index is 5.42. The first kappa shape index (κ1) is 25.1. The first-order chi connectivity index (χ1) is 12.1. The minimum absolute atomic E-state index is 0.333. The molecule has 1 rings (SSSR count). The fourth-order valence-corrected chi connectivity index (χ4v) is 4.67. The summed E-state index contributed by atoms with van der Waals surface area (Å²) in [6.07, 6.45) is 1.22. The monoisotopic (exact) mass is 400 g/mol. The minimum atomic E-state index is -2.39. The van der Waals surface area contributed by atoms with E-state index in [-0.39, 0.29) is 0 Å². The Kier molecular flexibility index (Phi) is 16.4. The van der Waals surface area contributed by atoms with Gasteiger partial charge in [0.15, 0.2) is 0 Å². The Morgan fingerprint density at radius 1 is 0.920 bits per heavy atom. The molecular weight excluding hydrogens is 364 g/mol. The van der Waals surface area contributed by atoms with E-state index in [1.165, 1.54) is 0 Å². The molecule has 0 spiro atoms. The fourth-order valence-electron chi connectivity index (χ4n) is 1.88. The molecule has 0 radical (unpaired) electrons. The van der Waals surface area contributed by atoms with Crippen molar-refractivity contribution in [3.05, 3.63) is 0 Å². The molecule has 1 aliphatic heterocycles. The molecule has 152 valence electrons. The molecule has 8 nitrogen and oxygen atoms in total. The quantitative estimate of drug-likeness (QED) is 0.232.